The number of nitrogens with zero attached hydrogens (tertiary/aromatic N) is 2. The van der Waals surface area contributed by atoms with Crippen molar-refractivity contribution in [3.05, 3.63) is 65.7 Å². The summed E-state index contributed by atoms with van der Waals surface area (Å²) in [6, 6.07) is 18.6. The van der Waals surface area contributed by atoms with Crippen molar-refractivity contribution in [1.82, 2.24) is 4.90 Å². The van der Waals surface area contributed by atoms with Gasteiger partial charge in [-0.3, -0.25) is 9.59 Å². The van der Waals surface area contributed by atoms with Crippen LogP contribution in [0.25, 0.3) is 0 Å². The van der Waals surface area contributed by atoms with Gasteiger partial charge in [-0.25, -0.2) is 0 Å². The van der Waals surface area contributed by atoms with E-state index in [0.29, 0.717) is 13.0 Å². The minimum atomic E-state index is -0.220. The van der Waals surface area contributed by atoms with Crippen molar-refractivity contribution in [3.63, 3.8) is 0 Å². The highest BCUT2D eigenvalue weighted by Crippen LogP contribution is 2.34. The molecule has 0 saturated carbocycles. The summed E-state index contributed by atoms with van der Waals surface area (Å²) in [5, 5.41) is 0. The van der Waals surface area contributed by atoms with Gasteiger partial charge in [0.2, 0.25) is 11.8 Å². The predicted octanol–water partition coefficient (Wildman–Crippen LogP) is 3.45. The van der Waals surface area contributed by atoms with Crippen molar-refractivity contribution in [3.8, 4) is 0 Å². The fraction of sp³-hybridized carbons (Fsp3) is 0.391. The lowest BCUT2D eigenvalue weighted by molar-refractivity contribution is -0.128. The highest BCUT2D eigenvalue weighted by molar-refractivity contribution is 6.01. The Morgan fingerprint density at radius 2 is 1.78 bits per heavy atom. The zero-order valence-electron chi connectivity index (χ0n) is 15.8. The number of carbonyl (C=O) groups excluding carboxylic acids is 2. The molecular weight excluding hydrogens is 336 g/mol. The molecule has 2 aromatic carbocycles. The van der Waals surface area contributed by atoms with Gasteiger partial charge in [-0.1, -0.05) is 48.5 Å². The number of amides is 2. The number of likely N-dealkylation sites (tertiary alicyclic amines) is 1. The Labute approximate surface area is 160 Å². The number of hydrogen-bond donors (Lipinski definition) is 0. The molecule has 4 nitrogen and oxygen atoms in total. The summed E-state index contributed by atoms with van der Waals surface area (Å²) < 4.78 is 0. The number of aryl methyl sites for hydroxylation is 1. The molecule has 1 fully saturated rings. The Morgan fingerprint density at radius 1 is 1.04 bits per heavy atom. The van der Waals surface area contributed by atoms with E-state index in [9.17, 15) is 9.59 Å². The van der Waals surface area contributed by atoms with Crippen molar-refractivity contribution in [1.29, 1.82) is 0 Å². The SMILES string of the molecule is CC1Cc2ccccc2N1C(=O)C1CC(=O)N(CCCc2ccccc2)C1. The van der Waals surface area contributed by atoms with Gasteiger partial charge in [-0.2, -0.15) is 0 Å². The van der Waals surface area contributed by atoms with Crippen molar-refractivity contribution < 1.29 is 9.59 Å². The molecule has 2 atom stereocenters. The Balaban J connectivity index is 1.37. The van der Waals surface area contributed by atoms with E-state index >= 15 is 0 Å². The number of anilines is 1. The molecule has 27 heavy (non-hydrogen) atoms. The van der Waals surface area contributed by atoms with Gasteiger partial charge in [0.25, 0.3) is 0 Å². The molecule has 2 aliphatic heterocycles. The third-order valence-electron chi connectivity index (χ3n) is 5.74. The molecule has 0 spiro atoms. The third kappa shape index (κ3) is 3.61. The first-order chi connectivity index (χ1) is 13.1. The first-order valence-corrected chi connectivity index (χ1v) is 9.86. The van der Waals surface area contributed by atoms with E-state index in [4.69, 9.17) is 0 Å². The van der Waals surface area contributed by atoms with E-state index in [2.05, 4.69) is 25.1 Å². The highest BCUT2D eigenvalue weighted by atomic mass is 16.2. The Kier molecular flexibility index (Phi) is 4.97. The van der Waals surface area contributed by atoms with Crippen LogP contribution in [0.15, 0.2) is 54.6 Å². The quantitative estimate of drug-likeness (QED) is 0.817. The molecule has 2 heterocycles. The third-order valence-corrected chi connectivity index (χ3v) is 5.74. The van der Waals surface area contributed by atoms with E-state index in [-0.39, 0.29) is 23.8 Å². The number of rotatable bonds is 5. The summed E-state index contributed by atoms with van der Waals surface area (Å²) in [4.78, 5) is 29.4. The Morgan fingerprint density at radius 3 is 2.59 bits per heavy atom. The maximum atomic E-state index is 13.2. The van der Waals surface area contributed by atoms with Crippen molar-refractivity contribution in [2.75, 3.05) is 18.0 Å². The summed E-state index contributed by atoms with van der Waals surface area (Å²) in [6.45, 7) is 3.37. The van der Waals surface area contributed by atoms with Crippen LogP contribution < -0.4 is 4.90 Å². The van der Waals surface area contributed by atoms with Crippen LogP contribution in [-0.2, 0) is 22.4 Å². The van der Waals surface area contributed by atoms with Crippen LogP contribution in [0, 0.1) is 5.92 Å². The fourth-order valence-electron chi connectivity index (χ4n) is 4.37. The standard InChI is InChI=1S/C23H26N2O2/c1-17-14-19-11-5-6-12-21(19)25(17)23(27)20-15-22(26)24(16-20)13-7-10-18-8-3-2-4-9-18/h2-6,8-9,11-12,17,20H,7,10,13-16H2,1H3. The van der Waals surface area contributed by atoms with Crippen LogP contribution in [-0.4, -0.2) is 35.8 Å². The Hall–Kier alpha value is -2.62. The van der Waals surface area contributed by atoms with Crippen molar-refractivity contribution >= 4 is 17.5 Å². The highest BCUT2D eigenvalue weighted by Gasteiger charge is 2.40. The lowest BCUT2D eigenvalue weighted by Crippen LogP contribution is -2.41. The molecule has 4 heteroatoms. The first-order valence-electron chi connectivity index (χ1n) is 9.86. The molecule has 2 unspecified atom stereocenters. The average molecular weight is 362 g/mol. The number of carbonyl (C=O) groups is 2. The van der Waals surface area contributed by atoms with Gasteiger partial charge in [0.1, 0.15) is 0 Å². The molecule has 4 rings (SSSR count). The van der Waals surface area contributed by atoms with Gasteiger partial charge in [0.05, 0.1) is 5.92 Å². The van der Waals surface area contributed by atoms with E-state index in [1.54, 1.807) is 0 Å². The van der Waals surface area contributed by atoms with E-state index in [1.807, 2.05) is 46.2 Å². The summed E-state index contributed by atoms with van der Waals surface area (Å²) in [5.41, 5.74) is 3.53. The number of benzene rings is 2. The van der Waals surface area contributed by atoms with Crippen LogP contribution in [0.2, 0.25) is 0 Å². The molecule has 0 bridgehead atoms. The minimum Gasteiger partial charge on any atom is -0.342 e. The molecule has 140 valence electrons. The van der Waals surface area contributed by atoms with E-state index < -0.39 is 0 Å². The van der Waals surface area contributed by atoms with Gasteiger partial charge in [0, 0.05) is 31.2 Å². The van der Waals surface area contributed by atoms with Crippen LogP contribution in [0.5, 0.6) is 0 Å². The monoisotopic (exact) mass is 362 g/mol. The second kappa shape index (κ2) is 7.55. The number of para-hydroxylation sites is 1. The summed E-state index contributed by atoms with van der Waals surface area (Å²) >= 11 is 0. The summed E-state index contributed by atoms with van der Waals surface area (Å²) in [7, 11) is 0. The van der Waals surface area contributed by atoms with Gasteiger partial charge in [-0.05, 0) is 43.4 Å². The van der Waals surface area contributed by atoms with E-state index in [0.717, 1.165) is 31.5 Å². The normalized spacial score (nSPS) is 21.6. The van der Waals surface area contributed by atoms with Crippen molar-refractivity contribution in [2.24, 2.45) is 5.92 Å². The maximum Gasteiger partial charge on any atom is 0.232 e. The molecule has 0 radical (unpaired) electrons. The van der Waals surface area contributed by atoms with Gasteiger partial charge in [-0.15, -0.1) is 0 Å². The first kappa shape index (κ1) is 17.8. The number of hydrogen-bond acceptors (Lipinski definition) is 2. The van der Waals surface area contributed by atoms with Gasteiger partial charge < -0.3 is 9.80 Å². The zero-order valence-corrected chi connectivity index (χ0v) is 15.8. The van der Waals surface area contributed by atoms with Crippen LogP contribution in [0.4, 0.5) is 5.69 Å². The second-order valence-corrected chi connectivity index (χ2v) is 7.72. The maximum absolute atomic E-state index is 13.2. The molecule has 2 aliphatic rings. The predicted molar refractivity (Wildman–Crippen MR) is 107 cm³/mol. The van der Waals surface area contributed by atoms with Gasteiger partial charge >= 0.3 is 0 Å². The van der Waals surface area contributed by atoms with Crippen LogP contribution >= 0.6 is 0 Å². The molecule has 2 aromatic rings. The fourth-order valence-corrected chi connectivity index (χ4v) is 4.37. The largest absolute Gasteiger partial charge is 0.342 e. The summed E-state index contributed by atoms with van der Waals surface area (Å²) in [6.07, 6.45) is 3.12. The lowest BCUT2D eigenvalue weighted by Gasteiger charge is -2.26. The van der Waals surface area contributed by atoms with E-state index in [1.165, 1.54) is 11.1 Å². The lowest BCUT2D eigenvalue weighted by atomic mass is 10.1. The molecular formula is C23H26N2O2. The van der Waals surface area contributed by atoms with Gasteiger partial charge in [0.15, 0.2) is 0 Å². The molecule has 2 amide bonds. The molecule has 0 aliphatic carbocycles. The second-order valence-electron chi connectivity index (χ2n) is 7.72. The number of fused-ring (bicyclic) bond motifs is 1. The molecule has 0 aromatic heterocycles. The topological polar surface area (TPSA) is 40.6 Å². The smallest absolute Gasteiger partial charge is 0.232 e. The summed E-state index contributed by atoms with van der Waals surface area (Å²) in [5.74, 6) is -0.00395. The van der Waals surface area contributed by atoms with Crippen LogP contribution in [0.3, 0.4) is 0 Å². The molecule has 0 N–H and O–H groups in total. The van der Waals surface area contributed by atoms with Crippen LogP contribution in [0.1, 0.15) is 30.9 Å². The zero-order chi connectivity index (χ0) is 18.8. The Bertz CT molecular complexity index is 833. The molecule has 1 saturated heterocycles. The van der Waals surface area contributed by atoms with Crippen molar-refractivity contribution in [2.45, 2.75) is 38.6 Å². The average Bonchev–Trinajstić information content (AvgIpc) is 3.21. The minimum absolute atomic E-state index is 0.103.